The van der Waals surface area contributed by atoms with Crippen molar-refractivity contribution in [3.63, 3.8) is 0 Å². The highest BCUT2D eigenvalue weighted by atomic mass is 31.2. The van der Waals surface area contributed by atoms with Crippen LogP contribution < -0.4 is 10.1 Å². The molecule has 2 aromatic carbocycles. The fourth-order valence-electron chi connectivity index (χ4n) is 4.97. The van der Waals surface area contributed by atoms with Gasteiger partial charge in [0, 0.05) is 105 Å². The third-order valence-corrected chi connectivity index (χ3v) is 9.68. The molecule has 0 bridgehead atoms. The van der Waals surface area contributed by atoms with Gasteiger partial charge in [-0.25, -0.2) is 4.79 Å². The average molecular weight is 829 g/mol. The van der Waals surface area contributed by atoms with Gasteiger partial charge in [0.05, 0.1) is 30.3 Å². The number of rotatable bonds is 38. The lowest BCUT2D eigenvalue weighted by atomic mass is 10.2. The number of amides is 1. The van der Waals surface area contributed by atoms with Crippen molar-refractivity contribution in [2.75, 3.05) is 118 Å². The van der Waals surface area contributed by atoms with Crippen molar-refractivity contribution < 1.29 is 61.4 Å². The van der Waals surface area contributed by atoms with Crippen LogP contribution in [0.25, 0.3) is 0 Å². The van der Waals surface area contributed by atoms with Gasteiger partial charge in [0.2, 0.25) is 7.37 Å². The molecular formula is C40H65N2O14P. The molecule has 1 atom stereocenters. The number of nitro benzene ring substituents is 1. The van der Waals surface area contributed by atoms with Crippen molar-refractivity contribution in [2.24, 2.45) is 0 Å². The van der Waals surface area contributed by atoms with Crippen LogP contribution in [-0.2, 0) is 60.2 Å². The molecule has 0 aliphatic rings. The van der Waals surface area contributed by atoms with Gasteiger partial charge >= 0.3 is 6.09 Å². The van der Waals surface area contributed by atoms with E-state index >= 15 is 0 Å². The Morgan fingerprint density at radius 2 is 1.14 bits per heavy atom. The monoisotopic (exact) mass is 828 g/mol. The molecule has 0 spiro atoms. The zero-order chi connectivity index (χ0) is 41.1. The Morgan fingerprint density at radius 3 is 1.61 bits per heavy atom. The Balaban J connectivity index is 1.28. The highest BCUT2D eigenvalue weighted by Crippen LogP contribution is 2.41. The fraction of sp³-hybridized carbons (Fsp3) is 0.675. The molecule has 1 unspecified atom stereocenters. The molecule has 2 rings (SSSR count). The maximum atomic E-state index is 12.1. The maximum absolute atomic E-state index is 12.1. The van der Waals surface area contributed by atoms with Crippen LogP contribution in [0.4, 0.5) is 10.5 Å². The number of nitrogens with zero attached hydrogens (tertiary/aromatic N) is 1. The van der Waals surface area contributed by atoms with E-state index in [-0.39, 0.29) is 24.4 Å². The number of ether oxygens (including phenoxy) is 9. The van der Waals surface area contributed by atoms with Gasteiger partial charge in [-0.05, 0) is 63.1 Å². The maximum Gasteiger partial charge on any atom is 0.407 e. The lowest BCUT2D eigenvalue weighted by molar-refractivity contribution is -0.385. The largest absolute Gasteiger partial charge is 0.489 e. The molecule has 0 heterocycles. The Hall–Kier alpha value is -3.18. The number of hydrogen-bond acceptors (Lipinski definition) is 14. The minimum atomic E-state index is -2.51. The summed E-state index contributed by atoms with van der Waals surface area (Å²) in [5.41, 5.74) is 1.03. The predicted octanol–water partition coefficient (Wildman–Crippen LogP) is 6.80. The SMILES string of the molecule is CCOP(C)(=O)CCOCCCOCCCOCCCOCCCOCCCOCCCOCCNC(=O)OCc1cc(OCc2ccccc2)ccc1[N+](=O)[O-]. The molecule has 0 aromatic heterocycles. The van der Waals surface area contributed by atoms with Crippen LogP contribution in [0.15, 0.2) is 48.5 Å². The van der Waals surface area contributed by atoms with Crippen LogP contribution in [0.2, 0.25) is 0 Å². The molecule has 0 radical (unpaired) electrons. The molecule has 0 aliphatic heterocycles. The van der Waals surface area contributed by atoms with Crippen molar-refractivity contribution in [1.82, 2.24) is 5.32 Å². The molecule has 0 fully saturated rings. The van der Waals surface area contributed by atoms with Crippen LogP contribution in [0.1, 0.15) is 56.6 Å². The number of carbonyl (C=O) groups excluding carboxylic acids is 1. The third kappa shape index (κ3) is 28.0. The average Bonchev–Trinajstić information content (AvgIpc) is 3.20. The minimum Gasteiger partial charge on any atom is -0.489 e. The van der Waals surface area contributed by atoms with Crippen LogP contribution in [0.5, 0.6) is 5.75 Å². The summed E-state index contributed by atoms with van der Waals surface area (Å²) < 4.78 is 67.2. The van der Waals surface area contributed by atoms with Crippen LogP contribution in [0.3, 0.4) is 0 Å². The van der Waals surface area contributed by atoms with E-state index in [1.54, 1.807) is 6.66 Å². The van der Waals surface area contributed by atoms with Crippen LogP contribution >= 0.6 is 7.37 Å². The van der Waals surface area contributed by atoms with E-state index in [1.807, 2.05) is 37.3 Å². The molecule has 324 valence electrons. The number of nitro groups is 1. The van der Waals surface area contributed by atoms with E-state index in [2.05, 4.69) is 5.32 Å². The molecule has 1 N–H and O–H groups in total. The summed E-state index contributed by atoms with van der Waals surface area (Å²) in [6, 6.07) is 13.9. The van der Waals surface area contributed by atoms with Crippen LogP contribution in [0, 0.1) is 10.1 Å². The summed E-state index contributed by atoms with van der Waals surface area (Å²) >= 11 is 0. The first-order valence-corrected chi connectivity index (χ1v) is 22.2. The second-order valence-electron chi connectivity index (χ2n) is 12.9. The minimum absolute atomic E-state index is 0.157. The first-order valence-electron chi connectivity index (χ1n) is 19.9. The zero-order valence-corrected chi connectivity index (χ0v) is 34.8. The molecule has 17 heteroatoms. The van der Waals surface area contributed by atoms with Gasteiger partial charge in [-0.15, -0.1) is 0 Å². The van der Waals surface area contributed by atoms with Crippen molar-refractivity contribution in [2.45, 2.75) is 58.7 Å². The summed E-state index contributed by atoms with van der Waals surface area (Å²) in [5, 5.41) is 14.0. The molecular weight excluding hydrogens is 763 g/mol. The first kappa shape index (κ1) is 50.0. The normalized spacial score (nSPS) is 12.3. The first-order chi connectivity index (χ1) is 27.8. The Bertz CT molecular complexity index is 1360. The van der Waals surface area contributed by atoms with E-state index in [1.165, 1.54) is 18.2 Å². The molecule has 0 aliphatic carbocycles. The number of alkyl carbamates (subject to hydrolysis) is 1. The summed E-state index contributed by atoms with van der Waals surface area (Å²) in [6.45, 7) is 12.4. The smallest absolute Gasteiger partial charge is 0.407 e. The lowest BCUT2D eigenvalue weighted by Crippen LogP contribution is -2.28. The molecule has 2 aromatic rings. The highest BCUT2D eigenvalue weighted by Gasteiger charge is 2.17. The number of carbonyl (C=O) groups is 1. The molecule has 0 saturated heterocycles. The summed E-state index contributed by atoms with van der Waals surface area (Å²) in [7, 11) is -2.51. The van der Waals surface area contributed by atoms with E-state index < -0.39 is 18.4 Å². The van der Waals surface area contributed by atoms with Gasteiger partial charge in [-0.2, -0.15) is 0 Å². The Kier molecular flexibility index (Phi) is 29.6. The van der Waals surface area contributed by atoms with E-state index in [0.29, 0.717) is 124 Å². The Labute approximate surface area is 338 Å². The predicted molar refractivity (Wildman–Crippen MR) is 216 cm³/mol. The van der Waals surface area contributed by atoms with Gasteiger partial charge in [0.25, 0.3) is 5.69 Å². The number of nitrogens with one attached hydrogen (secondary N) is 1. The Morgan fingerprint density at radius 1 is 0.667 bits per heavy atom. The fourth-order valence-corrected chi connectivity index (χ4v) is 6.10. The summed E-state index contributed by atoms with van der Waals surface area (Å²) in [4.78, 5) is 23.1. The van der Waals surface area contributed by atoms with Gasteiger partial charge in [0.15, 0.2) is 0 Å². The second kappa shape index (κ2) is 33.8. The highest BCUT2D eigenvalue weighted by molar-refractivity contribution is 7.58. The standard InChI is InChI=1S/C40H65N2O14P/c1-3-56-57(2,46)32-31-53-29-12-27-51-25-10-23-49-21-8-19-47-18-7-20-48-22-9-24-50-26-11-28-52-30-17-41-40(43)55-35-37-33-38(15-16-39(37)42(44)45)54-34-36-13-5-4-6-14-36/h4-6,13-16,33H,3,7-12,17-32,34-35H2,1-2H3,(H,41,43). The molecule has 16 nitrogen and oxygen atoms in total. The molecule has 0 saturated carbocycles. The van der Waals surface area contributed by atoms with Gasteiger partial charge in [-0.3, -0.25) is 14.7 Å². The number of benzene rings is 2. The van der Waals surface area contributed by atoms with Gasteiger partial charge < -0.3 is 52.5 Å². The zero-order valence-electron chi connectivity index (χ0n) is 33.9. The summed E-state index contributed by atoms with van der Waals surface area (Å²) in [6.07, 6.45) is 4.59. The van der Waals surface area contributed by atoms with Crippen LogP contribution in [-0.4, -0.2) is 129 Å². The quantitative estimate of drug-likeness (QED) is 0.0323. The number of hydrogen-bond donors (Lipinski definition) is 1. The lowest BCUT2D eigenvalue weighted by Gasteiger charge is -2.12. The molecule has 1 amide bonds. The summed E-state index contributed by atoms with van der Waals surface area (Å²) in [5.74, 6) is 0.438. The third-order valence-electron chi connectivity index (χ3n) is 7.88. The molecule has 57 heavy (non-hydrogen) atoms. The van der Waals surface area contributed by atoms with Crippen molar-refractivity contribution in [1.29, 1.82) is 0 Å². The van der Waals surface area contributed by atoms with Gasteiger partial charge in [0.1, 0.15) is 19.0 Å². The second-order valence-corrected chi connectivity index (χ2v) is 15.6. The van der Waals surface area contributed by atoms with E-state index in [9.17, 15) is 19.5 Å². The van der Waals surface area contributed by atoms with Crippen molar-refractivity contribution in [3.8, 4) is 5.75 Å². The van der Waals surface area contributed by atoms with Crippen molar-refractivity contribution in [3.05, 3.63) is 69.8 Å². The topological polar surface area (TPSA) is 182 Å². The van der Waals surface area contributed by atoms with E-state index in [4.69, 9.17) is 47.2 Å². The van der Waals surface area contributed by atoms with E-state index in [0.717, 1.165) is 37.7 Å². The van der Waals surface area contributed by atoms with Gasteiger partial charge in [-0.1, -0.05) is 30.3 Å². The van der Waals surface area contributed by atoms with Crippen molar-refractivity contribution >= 4 is 19.1 Å².